The third-order valence-electron chi connectivity index (χ3n) is 0.625. The van der Waals surface area contributed by atoms with E-state index in [1.54, 1.807) is 0 Å². The van der Waals surface area contributed by atoms with Crippen LogP contribution in [-0.2, 0) is 0 Å². The van der Waals surface area contributed by atoms with Crippen molar-refractivity contribution in [2.45, 2.75) is 3.77 Å². The number of hydrogen-bond acceptors (Lipinski definition) is 1. The SMILES string of the molecule is Brc1ccc(SI)[se]1. The first-order valence-corrected chi connectivity index (χ1v) is 7.73. The molecule has 0 fully saturated rings. The maximum atomic E-state index is 3.44. The molecule has 1 rings (SSSR count). The van der Waals surface area contributed by atoms with Crippen LogP contribution in [0.5, 0.6) is 0 Å². The van der Waals surface area contributed by atoms with Crippen molar-refractivity contribution in [2.24, 2.45) is 0 Å². The van der Waals surface area contributed by atoms with Gasteiger partial charge in [0.25, 0.3) is 0 Å². The van der Waals surface area contributed by atoms with Crippen LogP contribution in [0.1, 0.15) is 0 Å². The van der Waals surface area contributed by atoms with Crippen LogP contribution >= 0.6 is 46.1 Å². The molecule has 1 heterocycles. The van der Waals surface area contributed by atoms with Crippen LogP contribution in [0.4, 0.5) is 0 Å². The molecule has 0 aliphatic heterocycles. The van der Waals surface area contributed by atoms with Gasteiger partial charge < -0.3 is 0 Å². The van der Waals surface area contributed by atoms with E-state index in [1.807, 2.05) is 8.93 Å². The molecule has 0 aliphatic carbocycles. The first-order valence-electron chi connectivity index (χ1n) is 1.87. The molecule has 8 heavy (non-hydrogen) atoms. The van der Waals surface area contributed by atoms with Crippen molar-refractivity contribution >= 4 is 60.6 Å². The summed E-state index contributed by atoms with van der Waals surface area (Å²) in [4.78, 5) is 0. The fourth-order valence-corrected chi connectivity index (χ4v) is 5.57. The van der Waals surface area contributed by atoms with Crippen LogP contribution < -0.4 is 0 Å². The van der Waals surface area contributed by atoms with Gasteiger partial charge in [0.15, 0.2) is 0 Å². The molecule has 0 unspecified atom stereocenters. The topological polar surface area (TPSA) is 0 Å². The molecule has 0 bridgehead atoms. The van der Waals surface area contributed by atoms with E-state index in [4.69, 9.17) is 0 Å². The van der Waals surface area contributed by atoms with Gasteiger partial charge in [-0.05, 0) is 0 Å². The van der Waals surface area contributed by atoms with Gasteiger partial charge >= 0.3 is 79.8 Å². The summed E-state index contributed by atoms with van der Waals surface area (Å²) in [6.45, 7) is 0. The summed E-state index contributed by atoms with van der Waals surface area (Å²) in [5, 5.41) is 0. The second-order valence-corrected chi connectivity index (χ2v) is 7.94. The monoisotopic (exact) mass is 368 g/mol. The standard InChI is InChI=1S/C4H2BrISSe/c5-3-1-2-4(7-6)8-3/h1-2H. The van der Waals surface area contributed by atoms with Crippen molar-refractivity contribution in [3.8, 4) is 0 Å². The Kier molecular flexibility index (Phi) is 3.51. The van der Waals surface area contributed by atoms with Gasteiger partial charge in [-0.3, -0.25) is 0 Å². The van der Waals surface area contributed by atoms with E-state index in [9.17, 15) is 0 Å². The van der Waals surface area contributed by atoms with E-state index in [0.717, 1.165) is 0 Å². The molecule has 0 N–H and O–H groups in total. The molecule has 0 saturated carbocycles. The minimum atomic E-state index is 0.589. The second kappa shape index (κ2) is 3.66. The van der Waals surface area contributed by atoms with E-state index in [-0.39, 0.29) is 0 Å². The zero-order valence-corrected chi connectivity index (χ0v) is 10.0. The Labute approximate surface area is 78.9 Å². The van der Waals surface area contributed by atoms with Crippen molar-refractivity contribution < 1.29 is 0 Å². The average molecular weight is 368 g/mol. The summed E-state index contributed by atoms with van der Waals surface area (Å²) in [5.41, 5.74) is 0. The Balaban J connectivity index is 2.84. The molecule has 0 amide bonds. The number of rotatable bonds is 1. The molecule has 1 aromatic heterocycles. The van der Waals surface area contributed by atoms with Gasteiger partial charge in [0.1, 0.15) is 0 Å². The van der Waals surface area contributed by atoms with Crippen molar-refractivity contribution in [3.05, 3.63) is 15.5 Å². The molecular formula is C4H2BrISSe. The van der Waals surface area contributed by atoms with Gasteiger partial charge in [-0.2, -0.15) is 0 Å². The minimum absolute atomic E-state index is 0.589. The Hall–Kier alpha value is 1.56. The predicted molar refractivity (Wildman–Crippen MR) is 51.0 cm³/mol. The fraction of sp³-hybridized carbons (Fsp3) is 0. The summed E-state index contributed by atoms with van der Waals surface area (Å²) < 4.78 is 2.84. The molecule has 0 spiro atoms. The maximum absolute atomic E-state index is 3.44. The fourth-order valence-electron chi connectivity index (χ4n) is 0.339. The molecular weight excluding hydrogens is 366 g/mol. The molecule has 0 aromatic carbocycles. The van der Waals surface area contributed by atoms with Crippen molar-refractivity contribution in [2.75, 3.05) is 0 Å². The molecule has 44 valence electrons. The summed E-state index contributed by atoms with van der Waals surface area (Å²) in [6, 6.07) is 4.29. The van der Waals surface area contributed by atoms with Crippen molar-refractivity contribution in [1.29, 1.82) is 0 Å². The van der Waals surface area contributed by atoms with E-state index in [2.05, 4.69) is 49.3 Å². The molecule has 1 aromatic rings. The van der Waals surface area contributed by atoms with E-state index in [0.29, 0.717) is 14.5 Å². The Morgan fingerprint density at radius 3 is 2.62 bits per heavy atom. The van der Waals surface area contributed by atoms with Crippen LogP contribution in [0.15, 0.2) is 19.2 Å². The summed E-state index contributed by atoms with van der Waals surface area (Å²) in [5.74, 6) is 0. The van der Waals surface area contributed by atoms with Crippen LogP contribution in [-0.4, -0.2) is 14.5 Å². The van der Waals surface area contributed by atoms with Crippen LogP contribution in [0.25, 0.3) is 0 Å². The third kappa shape index (κ3) is 2.06. The van der Waals surface area contributed by atoms with E-state index in [1.165, 1.54) is 7.12 Å². The normalized spacial score (nSPS) is 9.75. The Morgan fingerprint density at radius 2 is 2.38 bits per heavy atom. The Bertz CT molecular complexity index is 176. The quantitative estimate of drug-likeness (QED) is 0.543. The second-order valence-electron chi connectivity index (χ2n) is 1.14. The molecule has 0 atom stereocenters. The average Bonchev–Trinajstić information content (AvgIpc) is 2.14. The Morgan fingerprint density at radius 1 is 1.62 bits per heavy atom. The number of hydrogen-bond donors (Lipinski definition) is 0. The summed E-state index contributed by atoms with van der Waals surface area (Å²) in [6.07, 6.45) is 0. The van der Waals surface area contributed by atoms with Gasteiger partial charge in [0.2, 0.25) is 0 Å². The molecule has 0 saturated heterocycles. The van der Waals surface area contributed by atoms with Crippen LogP contribution in [0.2, 0.25) is 0 Å². The van der Waals surface area contributed by atoms with Crippen molar-refractivity contribution in [3.63, 3.8) is 0 Å². The van der Waals surface area contributed by atoms with Gasteiger partial charge in [-0.1, -0.05) is 0 Å². The van der Waals surface area contributed by atoms with Crippen molar-refractivity contribution in [1.82, 2.24) is 0 Å². The first-order chi connectivity index (χ1) is 3.83. The van der Waals surface area contributed by atoms with E-state index < -0.39 is 0 Å². The van der Waals surface area contributed by atoms with Gasteiger partial charge in [-0.15, -0.1) is 0 Å². The summed E-state index contributed by atoms with van der Waals surface area (Å²) >= 11 is 6.34. The molecule has 0 aliphatic rings. The molecule has 4 heteroatoms. The predicted octanol–water partition coefficient (Wildman–Crippen LogP) is 2.95. The van der Waals surface area contributed by atoms with Crippen LogP contribution in [0, 0.1) is 0 Å². The zero-order chi connectivity index (χ0) is 5.98. The number of halogens is 2. The first kappa shape index (κ1) is 7.66. The van der Waals surface area contributed by atoms with Gasteiger partial charge in [0, 0.05) is 0 Å². The van der Waals surface area contributed by atoms with Gasteiger partial charge in [-0.25, -0.2) is 0 Å². The molecule has 0 nitrogen and oxygen atoms in total. The molecule has 0 radical (unpaired) electrons. The van der Waals surface area contributed by atoms with Gasteiger partial charge in [0.05, 0.1) is 0 Å². The van der Waals surface area contributed by atoms with E-state index >= 15 is 0 Å². The third-order valence-corrected chi connectivity index (χ3v) is 7.82. The summed E-state index contributed by atoms with van der Waals surface area (Å²) in [7, 11) is 1.81. The zero-order valence-electron chi connectivity index (χ0n) is 3.73. The van der Waals surface area contributed by atoms with Crippen LogP contribution in [0.3, 0.4) is 0 Å².